The van der Waals surface area contributed by atoms with Gasteiger partial charge in [-0.25, -0.2) is 0 Å². The number of aromatic hydroxyl groups is 1. The van der Waals surface area contributed by atoms with E-state index in [9.17, 15) is 19.8 Å². The zero-order chi connectivity index (χ0) is 28.2. The number of halogens is 1. The van der Waals surface area contributed by atoms with E-state index in [4.69, 9.17) is 11.6 Å². The SMILES string of the molecule is CCNC(=O)c1cncc(-c2ccc(N3C(=O)[C@H](SC[C@@H](O)c4ccc(Cl)cc4)[C@H]3c3ccc(O)cc3)cc2)c1. The molecule has 40 heavy (non-hydrogen) atoms. The number of anilines is 1. The minimum absolute atomic E-state index is 0.0565. The van der Waals surface area contributed by atoms with Gasteiger partial charge < -0.3 is 20.4 Å². The summed E-state index contributed by atoms with van der Waals surface area (Å²) in [6, 6.07) is 23.0. The highest BCUT2D eigenvalue weighted by Crippen LogP contribution is 2.46. The van der Waals surface area contributed by atoms with Crippen LogP contribution in [-0.4, -0.2) is 44.6 Å². The fourth-order valence-corrected chi connectivity index (χ4v) is 6.11. The summed E-state index contributed by atoms with van der Waals surface area (Å²) >= 11 is 7.38. The lowest BCUT2D eigenvalue weighted by molar-refractivity contribution is -0.123. The molecule has 3 aromatic carbocycles. The van der Waals surface area contributed by atoms with Crippen molar-refractivity contribution in [2.45, 2.75) is 24.3 Å². The lowest BCUT2D eigenvalue weighted by Crippen LogP contribution is -2.57. The number of nitrogens with one attached hydrogen (secondary N) is 1. The smallest absolute Gasteiger partial charge is 0.252 e. The molecule has 3 atom stereocenters. The molecule has 1 aliphatic heterocycles. The molecule has 1 aliphatic rings. The molecule has 0 aliphatic carbocycles. The number of rotatable bonds is 9. The van der Waals surface area contributed by atoms with Crippen molar-refractivity contribution in [3.05, 3.63) is 113 Å². The number of thioether (sulfide) groups is 1. The molecule has 204 valence electrons. The monoisotopic (exact) mass is 573 g/mol. The number of aliphatic hydroxyl groups excluding tert-OH is 1. The fraction of sp³-hybridized carbons (Fsp3) is 0.194. The molecular weight excluding hydrogens is 546 g/mol. The molecule has 0 bridgehead atoms. The van der Waals surface area contributed by atoms with Crippen LogP contribution < -0.4 is 10.2 Å². The van der Waals surface area contributed by atoms with Crippen molar-refractivity contribution in [1.82, 2.24) is 10.3 Å². The number of aromatic nitrogens is 1. The standard InChI is InChI=1S/C31H28ClN3O4S/c1-2-34-30(38)23-15-22(16-33-17-23)19-5-11-25(12-6-19)35-28(21-7-13-26(36)14-8-21)29(31(35)39)40-18-27(37)20-3-9-24(32)10-4-20/h3-17,27-29,36-37H,2,18H2,1H3,(H,34,38)/t27-,28-,29-/m1/s1. The van der Waals surface area contributed by atoms with Crippen LogP contribution in [0.25, 0.3) is 11.1 Å². The number of nitrogens with zero attached hydrogens (tertiary/aromatic N) is 2. The largest absolute Gasteiger partial charge is 0.508 e. The lowest BCUT2D eigenvalue weighted by Gasteiger charge is -2.47. The first-order chi connectivity index (χ1) is 19.4. The molecule has 5 rings (SSSR count). The van der Waals surface area contributed by atoms with Gasteiger partial charge in [0.1, 0.15) is 11.0 Å². The second-order valence-corrected chi connectivity index (χ2v) is 11.0. The van der Waals surface area contributed by atoms with E-state index in [0.29, 0.717) is 22.9 Å². The third-order valence-corrected chi connectivity index (χ3v) is 8.36. The van der Waals surface area contributed by atoms with E-state index in [1.54, 1.807) is 53.6 Å². The molecule has 1 saturated heterocycles. The first kappa shape index (κ1) is 27.7. The quantitative estimate of drug-likeness (QED) is 0.219. The number of amides is 2. The molecule has 4 aromatic rings. The van der Waals surface area contributed by atoms with E-state index >= 15 is 0 Å². The Bertz CT molecular complexity index is 1500. The first-order valence-corrected chi connectivity index (χ1v) is 14.3. The number of pyridine rings is 1. The minimum atomic E-state index is -0.743. The Balaban J connectivity index is 1.36. The number of hydrogen-bond acceptors (Lipinski definition) is 6. The zero-order valence-electron chi connectivity index (χ0n) is 21.7. The van der Waals surface area contributed by atoms with Crippen molar-refractivity contribution in [1.29, 1.82) is 0 Å². The average Bonchev–Trinajstić information content (AvgIpc) is 2.97. The van der Waals surface area contributed by atoms with Crippen LogP contribution in [0.2, 0.25) is 5.02 Å². The number of hydrogen-bond donors (Lipinski definition) is 3. The number of carbonyl (C=O) groups excluding carboxylic acids is 2. The summed E-state index contributed by atoms with van der Waals surface area (Å²) in [7, 11) is 0. The van der Waals surface area contributed by atoms with Gasteiger partial charge in [-0.2, -0.15) is 0 Å². The molecule has 0 spiro atoms. The predicted molar refractivity (Wildman–Crippen MR) is 159 cm³/mol. The van der Waals surface area contributed by atoms with Crippen molar-refractivity contribution in [3.8, 4) is 16.9 Å². The van der Waals surface area contributed by atoms with E-state index in [1.807, 2.05) is 43.3 Å². The number of benzene rings is 3. The van der Waals surface area contributed by atoms with Crippen molar-refractivity contribution < 1.29 is 19.8 Å². The highest BCUT2D eigenvalue weighted by Gasteiger charge is 2.49. The third kappa shape index (κ3) is 5.84. The summed E-state index contributed by atoms with van der Waals surface area (Å²) in [6.07, 6.45) is 2.49. The first-order valence-electron chi connectivity index (χ1n) is 12.9. The van der Waals surface area contributed by atoms with Crippen LogP contribution in [0.4, 0.5) is 5.69 Å². The van der Waals surface area contributed by atoms with E-state index in [0.717, 1.165) is 27.9 Å². The summed E-state index contributed by atoms with van der Waals surface area (Å²) in [5.41, 5.74) is 4.50. The van der Waals surface area contributed by atoms with E-state index in [2.05, 4.69) is 10.3 Å². The van der Waals surface area contributed by atoms with Gasteiger partial charge in [-0.1, -0.05) is 48.0 Å². The normalized spacial score (nSPS) is 17.3. The molecule has 9 heteroatoms. The van der Waals surface area contributed by atoms with Gasteiger partial charge in [-0.3, -0.25) is 14.6 Å². The Labute approximate surface area is 241 Å². The summed E-state index contributed by atoms with van der Waals surface area (Å²) in [6.45, 7) is 2.39. The predicted octanol–water partition coefficient (Wildman–Crippen LogP) is 5.78. The Kier molecular flexibility index (Phi) is 8.40. The zero-order valence-corrected chi connectivity index (χ0v) is 23.3. The van der Waals surface area contributed by atoms with Gasteiger partial charge in [-0.15, -0.1) is 11.8 Å². The van der Waals surface area contributed by atoms with Gasteiger partial charge >= 0.3 is 0 Å². The van der Waals surface area contributed by atoms with Crippen LogP contribution in [0.5, 0.6) is 5.75 Å². The van der Waals surface area contributed by atoms with Gasteiger partial charge in [0.05, 0.1) is 17.7 Å². The van der Waals surface area contributed by atoms with Crippen molar-refractivity contribution >= 4 is 40.9 Å². The molecular formula is C31H28ClN3O4S. The maximum atomic E-state index is 13.4. The van der Waals surface area contributed by atoms with Gasteiger partial charge in [0, 0.05) is 41.0 Å². The number of β-lactam (4-membered cyclic amide) rings is 1. The number of aliphatic hydroxyl groups is 1. The van der Waals surface area contributed by atoms with Gasteiger partial charge in [0.15, 0.2) is 0 Å². The van der Waals surface area contributed by atoms with Gasteiger partial charge in [-0.05, 0) is 66.1 Å². The van der Waals surface area contributed by atoms with Gasteiger partial charge in [0.25, 0.3) is 5.91 Å². The molecule has 1 aromatic heterocycles. The van der Waals surface area contributed by atoms with Crippen LogP contribution in [0.3, 0.4) is 0 Å². The van der Waals surface area contributed by atoms with E-state index in [-0.39, 0.29) is 23.6 Å². The molecule has 2 amide bonds. The minimum Gasteiger partial charge on any atom is -0.508 e. The number of phenols is 1. The van der Waals surface area contributed by atoms with Crippen molar-refractivity contribution in [2.75, 3.05) is 17.2 Å². The average molecular weight is 574 g/mol. The molecule has 0 radical (unpaired) electrons. The third-order valence-electron chi connectivity index (χ3n) is 6.79. The number of carbonyl (C=O) groups is 2. The van der Waals surface area contributed by atoms with Crippen LogP contribution in [-0.2, 0) is 4.79 Å². The highest BCUT2D eigenvalue weighted by molar-refractivity contribution is 8.00. The topological polar surface area (TPSA) is 103 Å². The molecule has 0 unspecified atom stereocenters. The van der Waals surface area contributed by atoms with Crippen LogP contribution in [0.1, 0.15) is 40.6 Å². The van der Waals surface area contributed by atoms with Crippen LogP contribution in [0.15, 0.2) is 91.3 Å². The Morgan fingerprint density at radius 2 is 1.73 bits per heavy atom. The van der Waals surface area contributed by atoms with Crippen LogP contribution in [0, 0.1) is 0 Å². The van der Waals surface area contributed by atoms with E-state index in [1.165, 1.54) is 18.0 Å². The molecule has 0 saturated carbocycles. The van der Waals surface area contributed by atoms with E-state index < -0.39 is 11.4 Å². The fourth-order valence-electron chi connectivity index (χ4n) is 4.68. The second-order valence-electron chi connectivity index (χ2n) is 9.43. The number of phenolic OH excluding ortho intramolecular Hbond substituents is 1. The second kappa shape index (κ2) is 12.1. The van der Waals surface area contributed by atoms with Crippen molar-refractivity contribution in [2.24, 2.45) is 0 Å². The van der Waals surface area contributed by atoms with Gasteiger partial charge in [0.2, 0.25) is 5.91 Å². The Morgan fingerprint density at radius 3 is 2.40 bits per heavy atom. The molecule has 1 fully saturated rings. The highest BCUT2D eigenvalue weighted by atomic mass is 35.5. The Morgan fingerprint density at radius 1 is 1.02 bits per heavy atom. The summed E-state index contributed by atoms with van der Waals surface area (Å²) in [4.78, 5) is 31.6. The molecule has 2 heterocycles. The summed E-state index contributed by atoms with van der Waals surface area (Å²) < 4.78 is 0. The van der Waals surface area contributed by atoms with Crippen LogP contribution >= 0.6 is 23.4 Å². The maximum absolute atomic E-state index is 13.4. The van der Waals surface area contributed by atoms with Crippen molar-refractivity contribution in [3.63, 3.8) is 0 Å². The molecule has 7 nitrogen and oxygen atoms in total. The summed E-state index contributed by atoms with van der Waals surface area (Å²) in [5, 5.41) is 23.5. The lowest BCUT2D eigenvalue weighted by atomic mass is 9.92. The maximum Gasteiger partial charge on any atom is 0.252 e. The molecule has 3 N–H and O–H groups in total. The summed E-state index contributed by atoms with van der Waals surface area (Å²) in [5.74, 6) is 0.255. The Hall–Kier alpha value is -3.85.